The molecule has 3 rings (SSSR count). The Hall–Kier alpha value is -1.45. The van der Waals surface area contributed by atoms with Crippen LogP contribution in [0.2, 0.25) is 0 Å². The number of benzene rings is 1. The molecule has 0 saturated heterocycles. The molecule has 0 spiro atoms. The number of aryl methyl sites for hydroxylation is 1. The number of halogens is 3. The van der Waals surface area contributed by atoms with Crippen molar-refractivity contribution in [2.75, 3.05) is 0 Å². The highest BCUT2D eigenvalue weighted by Gasteiger charge is 2.34. The van der Waals surface area contributed by atoms with Crippen LogP contribution in [0.25, 0.3) is 10.9 Å². The second-order valence-electron chi connectivity index (χ2n) is 4.72. The molecule has 18 heavy (non-hydrogen) atoms. The van der Waals surface area contributed by atoms with Crippen LogP contribution in [0.5, 0.6) is 0 Å². The van der Waals surface area contributed by atoms with E-state index in [0.717, 1.165) is 42.0 Å². The van der Waals surface area contributed by atoms with Crippen molar-refractivity contribution in [3.05, 3.63) is 41.4 Å². The number of nitrogens with zero attached hydrogens (tertiary/aromatic N) is 1. The highest BCUT2D eigenvalue weighted by atomic mass is 19.4. The van der Waals surface area contributed by atoms with Crippen LogP contribution < -0.4 is 0 Å². The summed E-state index contributed by atoms with van der Waals surface area (Å²) in [7, 11) is 1.74. The molecule has 1 aromatic carbocycles. The molecule has 0 bridgehead atoms. The zero-order valence-corrected chi connectivity index (χ0v) is 10.0. The fourth-order valence-corrected chi connectivity index (χ4v) is 2.90. The molecule has 0 N–H and O–H groups in total. The van der Waals surface area contributed by atoms with Gasteiger partial charge < -0.3 is 4.57 Å². The molecule has 0 aliphatic heterocycles. The molecule has 0 saturated carbocycles. The van der Waals surface area contributed by atoms with Gasteiger partial charge in [0.25, 0.3) is 0 Å². The summed E-state index contributed by atoms with van der Waals surface area (Å²) in [4.78, 5) is 0. The molecule has 1 aliphatic rings. The topological polar surface area (TPSA) is 4.93 Å². The molecule has 0 atom stereocenters. The van der Waals surface area contributed by atoms with Gasteiger partial charge in [-0.15, -0.1) is 0 Å². The SMILES string of the molecule is Cn1c2c(c3cccc(C(F)(F)F)c31)C[CH]CC2. The zero-order valence-electron chi connectivity index (χ0n) is 10.0. The Bertz CT molecular complexity index is 608. The predicted octanol–water partition coefficient (Wildman–Crippen LogP) is 3.89. The lowest BCUT2D eigenvalue weighted by atomic mass is 9.95. The van der Waals surface area contributed by atoms with E-state index in [1.165, 1.54) is 6.07 Å². The minimum absolute atomic E-state index is 0.324. The molecular weight excluding hydrogens is 239 g/mol. The quantitative estimate of drug-likeness (QED) is 0.670. The third kappa shape index (κ3) is 1.55. The van der Waals surface area contributed by atoms with Gasteiger partial charge in [0.15, 0.2) is 0 Å². The Balaban J connectivity index is 2.39. The zero-order chi connectivity index (χ0) is 12.9. The van der Waals surface area contributed by atoms with E-state index in [2.05, 4.69) is 6.42 Å². The van der Waals surface area contributed by atoms with E-state index in [1.54, 1.807) is 17.7 Å². The summed E-state index contributed by atoms with van der Waals surface area (Å²) in [5.41, 5.74) is 1.90. The van der Waals surface area contributed by atoms with E-state index in [9.17, 15) is 13.2 Å². The van der Waals surface area contributed by atoms with Gasteiger partial charge >= 0.3 is 6.18 Å². The molecule has 0 amide bonds. The third-order valence-corrected chi connectivity index (χ3v) is 3.69. The summed E-state index contributed by atoms with van der Waals surface area (Å²) in [6.45, 7) is 0. The van der Waals surface area contributed by atoms with Crippen LogP contribution in [0.15, 0.2) is 18.2 Å². The van der Waals surface area contributed by atoms with Gasteiger partial charge in [0.05, 0.1) is 11.1 Å². The molecular formula is C14H13F3N. The van der Waals surface area contributed by atoms with E-state index in [0.29, 0.717) is 5.52 Å². The summed E-state index contributed by atoms with van der Waals surface area (Å²) in [5.74, 6) is 0. The predicted molar refractivity (Wildman–Crippen MR) is 64.2 cm³/mol. The van der Waals surface area contributed by atoms with Crippen LogP contribution >= 0.6 is 0 Å². The number of aromatic nitrogens is 1. The van der Waals surface area contributed by atoms with Crippen LogP contribution in [0.3, 0.4) is 0 Å². The molecule has 4 heteroatoms. The Morgan fingerprint density at radius 1 is 1.22 bits per heavy atom. The minimum atomic E-state index is -4.29. The maximum atomic E-state index is 13.0. The Labute approximate surface area is 103 Å². The number of rotatable bonds is 0. The summed E-state index contributed by atoms with van der Waals surface area (Å²) in [5, 5.41) is 0.748. The lowest BCUT2D eigenvalue weighted by molar-refractivity contribution is -0.136. The van der Waals surface area contributed by atoms with E-state index in [1.807, 2.05) is 0 Å². The molecule has 2 aromatic rings. The van der Waals surface area contributed by atoms with Crippen LogP contribution in [-0.2, 0) is 26.1 Å². The van der Waals surface area contributed by atoms with Crippen molar-refractivity contribution in [1.82, 2.24) is 4.57 Å². The average Bonchev–Trinajstić information content (AvgIpc) is 2.63. The Kier molecular flexibility index (Phi) is 2.44. The number of fused-ring (bicyclic) bond motifs is 3. The molecule has 1 radical (unpaired) electrons. The molecule has 1 aromatic heterocycles. The van der Waals surface area contributed by atoms with Crippen LogP contribution in [0, 0.1) is 6.42 Å². The monoisotopic (exact) mass is 252 g/mol. The van der Waals surface area contributed by atoms with Gasteiger partial charge in [-0.05, 0) is 37.3 Å². The van der Waals surface area contributed by atoms with Gasteiger partial charge in [-0.3, -0.25) is 0 Å². The largest absolute Gasteiger partial charge is 0.418 e. The van der Waals surface area contributed by atoms with Crippen molar-refractivity contribution in [2.24, 2.45) is 7.05 Å². The first-order valence-corrected chi connectivity index (χ1v) is 5.98. The molecule has 1 aliphatic carbocycles. The van der Waals surface area contributed by atoms with Crippen molar-refractivity contribution in [3.8, 4) is 0 Å². The van der Waals surface area contributed by atoms with Crippen LogP contribution in [0.1, 0.15) is 23.2 Å². The van der Waals surface area contributed by atoms with Gasteiger partial charge in [-0.1, -0.05) is 12.1 Å². The van der Waals surface area contributed by atoms with Gasteiger partial charge in [0.2, 0.25) is 0 Å². The average molecular weight is 252 g/mol. The van der Waals surface area contributed by atoms with Crippen molar-refractivity contribution in [1.29, 1.82) is 0 Å². The summed E-state index contributed by atoms with van der Waals surface area (Å²) in [6, 6.07) is 4.46. The van der Waals surface area contributed by atoms with Gasteiger partial charge in [-0.2, -0.15) is 13.2 Å². The van der Waals surface area contributed by atoms with E-state index in [4.69, 9.17) is 0 Å². The highest BCUT2D eigenvalue weighted by molar-refractivity contribution is 5.89. The maximum absolute atomic E-state index is 13.0. The first-order valence-electron chi connectivity index (χ1n) is 5.98. The molecule has 1 heterocycles. The standard InChI is InChI=1S/C14H13F3N/c1-18-12-8-3-2-5-9(12)10-6-4-7-11(13(10)18)14(15,16)17/h2,4,6-7H,3,5,8H2,1H3. The second-order valence-corrected chi connectivity index (χ2v) is 4.72. The number of hydrogen-bond acceptors (Lipinski definition) is 0. The van der Waals surface area contributed by atoms with Gasteiger partial charge in [-0.25, -0.2) is 0 Å². The number of alkyl halides is 3. The smallest absolute Gasteiger partial charge is 0.347 e. The van der Waals surface area contributed by atoms with Crippen molar-refractivity contribution in [2.45, 2.75) is 25.4 Å². The number of para-hydroxylation sites is 1. The van der Waals surface area contributed by atoms with E-state index >= 15 is 0 Å². The van der Waals surface area contributed by atoms with Crippen LogP contribution in [-0.4, -0.2) is 4.57 Å². The second kappa shape index (κ2) is 3.77. The maximum Gasteiger partial charge on any atom is 0.418 e. The fourth-order valence-electron chi connectivity index (χ4n) is 2.90. The fraction of sp³-hybridized carbons (Fsp3) is 0.357. The van der Waals surface area contributed by atoms with Crippen molar-refractivity contribution < 1.29 is 13.2 Å². The lowest BCUT2D eigenvalue weighted by Crippen LogP contribution is -2.09. The van der Waals surface area contributed by atoms with E-state index < -0.39 is 11.7 Å². The first-order chi connectivity index (χ1) is 8.50. The number of hydrogen-bond donors (Lipinski definition) is 0. The molecule has 95 valence electrons. The summed E-state index contributed by atoms with van der Waals surface area (Å²) >= 11 is 0. The normalized spacial score (nSPS) is 16.0. The van der Waals surface area contributed by atoms with Crippen LogP contribution in [0.4, 0.5) is 13.2 Å². The van der Waals surface area contributed by atoms with E-state index in [-0.39, 0.29) is 0 Å². The highest BCUT2D eigenvalue weighted by Crippen LogP contribution is 2.39. The molecule has 1 nitrogen and oxygen atoms in total. The first kappa shape index (κ1) is 11.6. The molecule has 0 unspecified atom stereocenters. The Morgan fingerprint density at radius 2 is 2.00 bits per heavy atom. The van der Waals surface area contributed by atoms with Gasteiger partial charge in [0, 0.05) is 18.1 Å². The lowest BCUT2D eigenvalue weighted by Gasteiger charge is -2.13. The van der Waals surface area contributed by atoms with Crippen molar-refractivity contribution >= 4 is 10.9 Å². The van der Waals surface area contributed by atoms with Crippen molar-refractivity contribution in [3.63, 3.8) is 0 Å². The third-order valence-electron chi connectivity index (χ3n) is 3.69. The van der Waals surface area contributed by atoms with Gasteiger partial charge in [0.1, 0.15) is 0 Å². The minimum Gasteiger partial charge on any atom is -0.347 e. The Morgan fingerprint density at radius 3 is 2.72 bits per heavy atom. The summed E-state index contributed by atoms with van der Waals surface area (Å²) < 4.78 is 40.8. The molecule has 0 fully saturated rings. The summed E-state index contributed by atoms with van der Waals surface area (Å²) in [6.07, 6.45) is 0.393.